The maximum Gasteiger partial charge on any atom is 0.229 e. The van der Waals surface area contributed by atoms with E-state index in [2.05, 4.69) is 0 Å². The first-order valence-electron chi connectivity index (χ1n) is 6.18. The molecule has 1 heterocycles. The molecule has 19 heavy (non-hydrogen) atoms. The van der Waals surface area contributed by atoms with Crippen molar-refractivity contribution in [2.75, 3.05) is 0 Å². The number of ether oxygens (including phenoxy) is 2. The molecule has 1 fully saturated rings. The summed E-state index contributed by atoms with van der Waals surface area (Å²) in [6, 6.07) is 7.03. The molecular weight excluding hydrogens is 250 g/mol. The fourth-order valence-corrected chi connectivity index (χ4v) is 1.95. The Bertz CT molecular complexity index is 410. The Kier molecular flexibility index (Phi) is 4.38. The molecule has 6 nitrogen and oxygen atoms in total. The summed E-state index contributed by atoms with van der Waals surface area (Å²) in [4.78, 5) is 0. The molecule has 0 saturated carbocycles. The fraction of sp³-hybridized carbons (Fsp3) is 0.538. The number of hydrogen-bond donors (Lipinski definition) is 4. The second kappa shape index (κ2) is 5.85. The number of benzene rings is 1. The molecule has 5 N–H and O–H groups in total. The van der Waals surface area contributed by atoms with Crippen LogP contribution in [0.4, 0.5) is 0 Å². The van der Waals surface area contributed by atoms with Crippen molar-refractivity contribution in [3.63, 3.8) is 0 Å². The van der Waals surface area contributed by atoms with Crippen LogP contribution >= 0.6 is 0 Å². The molecule has 0 aliphatic carbocycles. The van der Waals surface area contributed by atoms with E-state index < -0.39 is 30.7 Å². The van der Waals surface area contributed by atoms with E-state index in [1.807, 2.05) is 0 Å². The third kappa shape index (κ3) is 3.05. The summed E-state index contributed by atoms with van der Waals surface area (Å²) >= 11 is 0. The highest BCUT2D eigenvalue weighted by atomic mass is 16.7. The second-order valence-electron chi connectivity index (χ2n) is 4.65. The maximum absolute atomic E-state index is 9.81. The lowest BCUT2D eigenvalue weighted by Crippen LogP contribution is -2.58. The number of hydrogen-bond acceptors (Lipinski definition) is 6. The summed E-state index contributed by atoms with van der Waals surface area (Å²) in [5, 5.41) is 29.0. The van der Waals surface area contributed by atoms with Crippen LogP contribution in [-0.2, 0) is 11.3 Å². The van der Waals surface area contributed by atoms with Crippen LogP contribution in [0.15, 0.2) is 24.3 Å². The zero-order valence-electron chi connectivity index (χ0n) is 10.6. The van der Waals surface area contributed by atoms with Crippen LogP contribution in [0.25, 0.3) is 0 Å². The first-order valence-corrected chi connectivity index (χ1v) is 6.18. The van der Waals surface area contributed by atoms with Crippen molar-refractivity contribution >= 4 is 0 Å². The van der Waals surface area contributed by atoms with Gasteiger partial charge in [0.2, 0.25) is 6.29 Å². The van der Waals surface area contributed by atoms with E-state index in [0.29, 0.717) is 12.3 Å². The minimum Gasteiger partial charge on any atom is -0.462 e. The molecule has 106 valence electrons. The molecular formula is C13H19NO5. The first-order chi connectivity index (χ1) is 9.02. The standard InChI is InChI=1S/C13H19NO5/c1-7-10(15)11(16)12(17)13(18-7)19-9-4-2-8(6-14)3-5-9/h2-5,7,10-13,15-17H,6,14H2,1H3/t7-,10-,11+,12+,13-/m1/s1. The van der Waals surface area contributed by atoms with Gasteiger partial charge >= 0.3 is 0 Å². The van der Waals surface area contributed by atoms with E-state index >= 15 is 0 Å². The summed E-state index contributed by atoms with van der Waals surface area (Å²) in [7, 11) is 0. The lowest BCUT2D eigenvalue weighted by molar-refractivity contribution is -0.268. The quantitative estimate of drug-likeness (QED) is 0.581. The van der Waals surface area contributed by atoms with Crippen LogP contribution in [0.3, 0.4) is 0 Å². The second-order valence-corrected chi connectivity index (χ2v) is 4.65. The Hall–Kier alpha value is -1.18. The summed E-state index contributed by atoms with van der Waals surface area (Å²) in [6.07, 6.45) is -5.37. The predicted octanol–water partition coefficient (Wildman–Crippen LogP) is -0.648. The molecule has 5 atom stereocenters. The van der Waals surface area contributed by atoms with Gasteiger partial charge in [0.05, 0.1) is 6.10 Å². The van der Waals surface area contributed by atoms with Gasteiger partial charge < -0.3 is 30.5 Å². The third-order valence-electron chi connectivity index (χ3n) is 3.22. The normalized spacial score (nSPS) is 35.1. The molecule has 0 bridgehead atoms. The van der Waals surface area contributed by atoms with Crippen molar-refractivity contribution in [2.24, 2.45) is 5.73 Å². The van der Waals surface area contributed by atoms with E-state index in [0.717, 1.165) is 5.56 Å². The molecule has 1 aliphatic rings. The summed E-state index contributed by atoms with van der Waals surface area (Å²) < 4.78 is 10.8. The molecule has 6 heteroatoms. The average molecular weight is 269 g/mol. The van der Waals surface area contributed by atoms with Gasteiger partial charge in [0, 0.05) is 6.54 Å². The highest BCUT2D eigenvalue weighted by Crippen LogP contribution is 2.24. The van der Waals surface area contributed by atoms with Crippen molar-refractivity contribution in [2.45, 2.75) is 44.2 Å². The maximum atomic E-state index is 9.81. The monoisotopic (exact) mass is 269 g/mol. The van der Waals surface area contributed by atoms with Gasteiger partial charge in [-0.2, -0.15) is 0 Å². The fourth-order valence-electron chi connectivity index (χ4n) is 1.95. The molecule has 0 amide bonds. The molecule has 1 aromatic rings. The number of nitrogens with two attached hydrogens (primary N) is 1. The minimum atomic E-state index is -1.31. The third-order valence-corrected chi connectivity index (χ3v) is 3.22. The zero-order valence-corrected chi connectivity index (χ0v) is 10.6. The van der Waals surface area contributed by atoms with Crippen LogP contribution in [-0.4, -0.2) is 46.0 Å². The lowest BCUT2D eigenvalue weighted by Gasteiger charge is -2.38. The van der Waals surface area contributed by atoms with Gasteiger partial charge in [0.1, 0.15) is 24.1 Å². The Morgan fingerprint density at radius 1 is 1.11 bits per heavy atom. The van der Waals surface area contributed by atoms with Crippen LogP contribution in [0, 0.1) is 0 Å². The largest absolute Gasteiger partial charge is 0.462 e. The SMILES string of the molecule is C[C@H]1O[C@H](Oc2ccc(CN)cc2)[C@@H](O)[C@@H](O)[C@@H]1O. The highest BCUT2D eigenvalue weighted by Gasteiger charge is 2.43. The minimum absolute atomic E-state index is 0.435. The first kappa shape index (κ1) is 14.2. The Labute approximate surface area is 111 Å². The number of aliphatic hydroxyl groups excluding tert-OH is 3. The predicted molar refractivity (Wildman–Crippen MR) is 67.3 cm³/mol. The molecule has 2 rings (SSSR count). The van der Waals surface area contributed by atoms with Gasteiger partial charge in [0.15, 0.2) is 0 Å². The molecule has 1 aliphatic heterocycles. The van der Waals surface area contributed by atoms with Crippen LogP contribution in [0.5, 0.6) is 5.75 Å². The average Bonchev–Trinajstić information content (AvgIpc) is 2.43. The number of rotatable bonds is 3. The van der Waals surface area contributed by atoms with Gasteiger partial charge in [-0.25, -0.2) is 0 Å². The zero-order chi connectivity index (χ0) is 14.0. The summed E-state index contributed by atoms with van der Waals surface area (Å²) in [6.45, 7) is 2.04. The Morgan fingerprint density at radius 2 is 1.74 bits per heavy atom. The molecule has 0 unspecified atom stereocenters. The van der Waals surface area contributed by atoms with Crippen molar-refractivity contribution in [1.29, 1.82) is 0 Å². The molecule has 0 spiro atoms. The van der Waals surface area contributed by atoms with Crippen molar-refractivity contribution in [1.82, 2.24) is 0 Å². The van der Waals surface area contributed by atoms with Crippen molar-refractivity contribution in [3.8, 4) is 5.75 Å². The molecule has 1 aromatic carbocycles. The highest BCUT2D eigenvalue weighted by molar-refractivity contribution is 5.27. The van der Waals surface area contributed by atoms with Gasteiger partial charge in [-0.1, -0.05) is 12.1 Å². The van der Waals surface area contributed by atoms with Gasteiger partial charge in [-0.05, 0) is 24.6 Å². The van der Waals surface area contributed by atoms with Crippen molar-refractivity contribution < 1.29 is 24.8 Å². The summed E-state index contributed by atoms with van der Waals surface area (Å²) in [5.74, 6) is 0.497. The number of aliphatic hydroxyl groups is 3. The van der Waals surface area contributed by atoms with Crippen LogP contribution < -0.4 is 10.5 Å². The van der Waals surface area contributed by atoms with Gasteiger partial charge in [-0.15, -0.1) is 0 Å². The molecule has 0 aromatic heterocycles. The lowest BCUT2D eigenvalue weighted by atomic mass is 10.00. The van der Waals surface area contributed by atoms with E-state index in [1.54, 1.807) is 31.2 Å². The Balaban J connectivity index is 2.05. The van der Waals surface area contributed by atoms with Crippen LogP contribution in [0.2, 0.25) is 0 Å². The van der Waals surface area contributed by atoms with Gasteiger partial charge in [-0.3, -0.25) is 0 Å². The van der Waals surface area contributed by atoms with Gasteiger partial charge in [0.25, 0.3) is 0 Å². The molecule has 1 saturated heterocycles. The van der Waals surface area contributed by atoms with Crippen molar-refractivity contribution in [3.05, 3.63) is 29.8 Å². The molecule has 0 radical (unpaired) electrons. The smallest absolute Gasteiger partial charge is 0.229 e. The topological polar surface area (TPSA) is 105 Å². The van der Waals surface area contributed by atoms with E-state index in [-0.39, 0.29) is 0 Å². The van der Waals surface area contributed by atoms with E-state index in [4.69, 9.17) is 15.2 Å². The van der Waals surface area contributed by atoms with E-state index in [1.165, 1.54) is 0 Å². The van der Waals surface area contributed by atoms with E-state index in [9.17, 15) is 15.3 Å². The Morgan fingerprint density at radius 3 is 2.32 bits per heavy atom. The van der Waals surface area contributed by atoms with Crippen LogP contribution in [0.1, 0.15) is 12.5 Å². The summed E-state index contributed by atoms with van der Waals surface area (Å²) in [5.41, 5.74) is 6.45.